The molecule has 0 atom stereocenters. The van der Waals surface area contributed by atoms with E-state index in [0.717, 1.165) is 52.0 Å². The molecule has 3 aliphatic rings. The van der Waals surface area contributed by atoms with Gasteiger partial charge < -0.3 is 14.8 Å². The van der Waals surface area contributed by atoms with E-state index in [-0.39, 0.29) is 12.2 Å². The van der Waals surface area contributed by atoms with Crippen LogP contribution in [0.15, 0.2) is 0 Å². The Morgan fingerprint density at radius 3 is 2.33 bits per heavy atom. The number of hydrogen-bond donors (Lipinski definition) is 1. The number of amides is 1. The summed E-state index contributed by atoms with van der Waals surface area (Å²) in [5.41, 5.74) is 0. The number of nitrogens with one attached hydrogen (secondary N) is 1. The molecule has 0 unspecified atom stereocenters. The summed E-state index contributed by atoms with van der Waals surface area (Å²) in [5.74, 6) is 0.707. The molecule has 1 saturated carbocycles. The highest BCUT2D eigenvalue weighted by Crippen LogP contribution is 2.25. The molecule has 120 valence electrons. The van der Waals surface area contributed by atoms with Crippen LogP contribution in [0.4, 0.5) is 0 Å². The van der Waals surface area contributed by atoms with Gasteiger partial charge in [0.05, 0.1) is 19.8 Å². The lowest BCUT2D eigenvalue weighted by Gasteiger charge is -2.33. The molecule has 21 heavy (non-hydrogen) atoms. The highest BCUT2D eigenvalue weighted by atomic mass is 16.7. The fourth-order valence-electron chi connectivity index (χ4n) is 3.76. The van der Waals surface area contributed by atoms with Crippen molar-refractivity contribution in [2.24, 2.45) is 5.92 Å². The lowest BCUT2D eigenvalue weighted by Crippen LogP contribution is -2.46. The summed E-state index contributed by atoms with van der Waals surface area (Å²) in [4.78, 5) is 14.4. The maximum absolute atomic E-state index is 12.1. The standard InChI is InChI=1S/C16H28N2O3/c19-15(17-14-4-2-1-3-5-14)12-18-8-6-13(7-9-18)16-20-10-11-21-16/h13-14,16H,1-12H2,(H,17,19). The normalized spacial score (nSPS) is 27.0. The monoisotopic (exact) mass is 296 g/mol. The Bertz CT molecular complexity index is 330. The average Bonchev–Trinajstić information content (AvgIpc) is 3.03. The van der Waals surface area contributed by atoms with Crippen LogP contribution in [0.2, 0.25) is 0 Å². The number of ether oxygens (including phenoxy) is 2. The third-order valence-corrected chi connectivity index (χ3v) is 5.00. The SMILES string of the molecule is O=C(CN1CCC(C2OCCO2)CC1)NC1CCCCC1. The first-order valence-corrected chi connectivity index (χ1v) is 8.56. The van der Waals surface area contributed by atoms with E-state index in [2.05, 4.69) is 10.2 Å². The molecule has 5 nitrogen and oxygen atoms in total. The number of hydrogen-bond acceptors (Lipinski definition) is 4. The van der Waals surface area contributed by atoms with Gasteiger partial charge in [0.25, 0.3) is 0 Å². The van der Waals surface area contributed by atoms with Crippen LogP contribution in [-0.2, 0) is 14.3 Å². The zero-order chi connectivity index (χ0) is 14.5. The van der Waals surface area contributed by atoms with Crippen molar-refractivity contribution in [2.75, 3.05) is 32.8 Å². The van der Waals surface area contributed by atoms with Crippen molar-refractivity contribution in [2.45, 2.75) is 57.3 Å². The van der Waals surface area contributed by atoms with Crippen LogP contribution in [0.5, 0.6) is 0 Å². The van der Waals surface area contributed by atoms with Gasteiger partial charge in [-0.1, -0.05) is 19.3 Å². The summed E-state index contributed by atoms with van der Waals surface area (Å²) in [7, 11) is 0. The summed E-state index contributed by atoms with van der Waals surface area (Å²) in [6.45, 7) is 3.97. The second-order valence-corrected chi connectivity index (χ2v) is 6.63. The van der Waals surface area contributed by atoms with E-state index >= 15 is 0 Å². The van der Waals surface area contributed by atoms with E-state index in [1.807, 2.05) is 0 Å². The number of carbonyl (C=O) groups is 1. The first-order chi connectivity index (χ1) is 10.3. The molecule has 1 amide bonds. The minimum Gasteiger partial charge on any atom is -0.352 e. The van der Waals surface area contributed by atoms with Crippen LogP contribution in [0.3, 0.4) is 0 Å². The quantitative estimate of drug-likeness (QED) is 0.854. The van der Waals surface area contributed by atoms with Crippen LogP contribution < -0.4 is 5.32 Å². The van der Waals surface area contributed by atoms with Gasteiger partial charge in [0.1, 0.15) is 0 Å². The Balaban J connectivity index is 1.35. The van der Waals surface area contributed by atoms with E-state index in [1.54, 1.807) is 0 Å². The van der Waals surface area contributed by atoms with Gasteiger partial charge in [-0.15, -0.1) is 0 Å². The molecule has 3 fully saturated rings. The molecule has 2 aliphatic heterocycles. The van der Waals surface area contributed by atoms with Gasteiger partial charge in [-0.05, 0) is 38.8 Å². The number of likely N-dealkylation sites (tertiary alicyclic amines) is 1. The fraction of sp³-hybridized carbons (Fsp3) is 0.938. The zero-order valence-electron chi connectivity index (χ0n) is 12.9. The molecule has 5 heteroatoms. The predicted molar refractivity (Wildman–Crippen MR) is 79.9 cm³/mol. The Kier molecular flexibility index (Phi) is 5.49. The molecule has 1 N–H and O–H groups in total. The lowest BCUT2D eigenvalue weighted by atomic mass is 9.95. The van der Waals surface area contributed by atoms with Crippen molar-refractivity contribution in [3.8, 4) is 0 Å². The summed E-state index contributed by atoms with van der Waals surface area (Å²) >= 11 is 0. The number of nitrogens with zero attached hydrogens (tertiary/aromatic N) is 1. The van der Waals surface area contributed by atoms with Gasteiger partial charge in [0, 0.05) is 12.0 Å². The van der Waals surface area contributed by atoms with Crippen LogP contribution >= 0.6 is 0 Å². The van der Waals surface area contributed by atoms with Crippen LogP contribution in [0.1, 0.15) is 44.9 Å². The van der Waals surface area contributed by atoms with Crippen LogP contribution in [0, 0.1) is 5.92 Å². The highest BCUT2D eigenvalue weighted by molar-refractivity contribution is 5.78. The lowest BCUT2D eigenvalue weighted by molar-refractivity contribution is -0.124. The van der Waals surface area contributed by atoms with E-state index in [9.17, 15) is 4.79 Å². The average molecular weight is 296 g/mol. The summed E-state index contributed by atoms with van der Waals surface area (Å²) < 4.78 is 11.2. The maximum Gasteiger partial charge on any atom is 0.234 e. The van der Waals surface area contributed by atoms with Gasteiger partial charge in [-0.3, -0.25) is 9.69 Å². The van der Waals surface area contributed by atoms with Crippen molar-refractivity contribution in [1.29, 1.82) is 0 Å². The second kappa shape index (κ2) is 7.56. The third kappa shape index (κ3) is 4.41. The van der Waals surface area contributed by atoms with Crippen LogP contribution in [0.25, 0.3) is 0 Å². The Morgan fingerprint density at radius 2 is 1.67 bits per heavy atom. The topological polar surface area (TPSA) is 50.8 Å². The molecule has 3 rings (SSSR count). The van der Waals surface area contributed by atoms with Crippen LogP contribution in [-0.4, -0.2) is 56.0 Å². The van der Waals surface area contributed by atoms with Crippen molar-refractivity contribution in [3.05, 3.63) is 0 Å². The third-order valence-electron chi connectivity index (χ3n) is 5.00. The number of carbonyl (C=O) groups excluding carboxylic acids is 1. The molecule has 1 aliphatic carbocycles. The molecular weight excluding hydrogens is 268 g/mol. The maximum atomic E-state index is 12.1. The van der Waals surface area contributed by atoms with Gasteiger partial charge in [-0.25, -0.2) is 0 Å². The van der Waals surface area contributed by atoms with Gasteiger partial charge in [-0.2, -0.15) is 0 Å². The highest BCUT2D eigenvalue weighted by Gasteiger charge is 2.31. The van der Waals surface area contributed by atoms with Gasteiger partial charge in [0.2, 0.25) is 5.91 Å². The van der Waals surface area contributed by atoms with Crippen molar-refractivity contribution in [3.63, 3.8) is 0 Å². The van der Waals surface area contributed by atoms with E-state index in [1.165, 1.54) is 19.3 Å². The van der Waals surface area contributed by atoms with Crippen molar-refractivity contribution >= 4 is 5.91 Å². The molecule has 0 radical (unpaired) electrons. The fourth-order valence-corrected chi connectivity index (χ4v) is 3.76. The largest absolute Gasteiger partial charge is 0.352 e. The predicted octanol–water partition coefficient (Wildman–Crippen LogP) is 1.52. The van der Waals surface area contributed by atoms with Crippen molar-refractivity contribution in [1.82, 2.24) is 10.2 Å². The molecule has 0 spiro atoms. The first kappa shape index (κ1) is 15.3. The molecule has 2 heterocycles. The molecule has 0 aromatic carbocycles. The second-order valence-electron chi connectivity index (χ2n) is 6.63. The van der Waals surface area contributed by atoms with Gasteiger partial charge >= 0.3 is 0 Å². The molecule has 0 aromatic heterocycles. The summed E-state index contributed by atoms with van der Waals surface area (Å²) in [5, 5.41) is 3.20. The molecule has 0 aromatic rings. The number of rotatable bonds is 4. The van der Waals surface area contributed by atoms with E-state index in [4.69, 9.17) is 9.47 Å². The molecule has 2 saturated heterocycles. The Morgan fingerprint density at radius 1 is 1.00 bits per heavy atom. The smallest absolute Gasteiger partial charge is 0.234 e. The van der Waals surface area contributed by atoms with Crippen molar-refractivity contribution < 1.29 is 14.3 Å². The van der Waals surface area contributed by atoms with E-state index in [0.29, 0.717) is 18.5 Å². The zero-order valence-corrected chi connectivity index (χ0v) is 12.9. The minimum absolute atomic E-state index is 0.00298. The summed E-state index contributed by atoms with van der Waals surface area (Å²) in [6, 6.07) is 0.420. The molecular formula is C16H28N2O3. The van der Waals surface area contributed by atoms with Gasteiger partial charge in [0.15, 0.2) is 6.29 Å². The first-order valence-electron chi connectivity index (χ1n) is 8.56. The van der Waals surface area contributed by atoms with E-state index < -0.39 is 0 Å². The summed E-state index contributed by atoms with van der Waals surface area (Å²) in [6.07, 6.45) is 8.31. The minimum atomic E-state index is 0.00298. The number of piperidine rings is 1. The molecule has 0 bridgehead atoms. The Hall–Kier alpha value is -0.650. The Labute approximate surface area is 127 Å².